The SMILES string of the molecule is CC(C)C(=O)N1CCSC12CCCCC2. The predicted octanol–water partition coefficient (Wildman–Crippen LogP) is 2.88. The Balaban J connectivity index is 2.13. The van der Waals surface area contributed by atoms with Crippen molar-refractivity contribution in [3.63, 3.8) is 0 Å². The van der Waals surface area contributed by atoms with E-state index in [1.807, 2.05) is 25.6 Å². The third kappa shape index (κ3) is 2.03. The number of hydrogen-bond donors (Lipinski definition) is 0. The van der Waals surface area contributed by atoms with E-state index in [4.69, 9.17) is 0 Å². The minimum atomic E-state index is 0.155. The summed E-state index contributed by atoms with van der Waals surface area (Å²) in [6.07, 6.45) is 6.39. The van der Waals surface area contributed by atoms with Gasteiger partial charge in [0.1, 0.15) is 0 Å². The largest absolute Gasteiger partial charge is 0.327 e. The summed E-state index contributed by atoms with van der Waals surface area (Å²) in [5, 5.41) is 0. The molecule has 0 radical (unpaired) electrons. The van der Waals surface area contributed by atoms with E-state index in [2.05, 4.69) is 4.90 Å². The minimum absolute atomic E-state index is 0.155. The van der Waals surface area contributed by atoms with Gasteiger partial charge in [-0.15, -0.1) is 11.8 Å². The molecule has 0 unspecified atom stereocenters. The maximum absolute atomic E-state index is 12.1. The quantitative estimate of drug-likeness (QED) is 0.686. The molecule has 1 aliphatic heterocycles. The first-order chi connectivity index (χ1) is 7.16. The highest BCUT2D eigenvalue weighted by atomic mass is 32.2. The number of nitrogens with zero attached hydrogens (tertiary/aromatic N) is 1. The van der Waals surface area contributed by atoms with Crippen LogP contribution < -0.4 is 0 Å². The molecular formula is C12H21NOS. The van der Waals surface area contributed by atoms with Crippen molar-refractivity contribution in [2.45, 2.75) is 50.8 Å². The summed E-state index contributed by atoms with van der Waals surface area (Å²) in [7, 11) is 0. The zero-order chi connectivity index (χ0) is 10.9. The molecule has 1 amide bonds. The van der Waals surface area contributed by atoms with Gasteiger partial charge in [-0.05, 0) is 12.8 Å². The van der Waals surface area contributed by atoms with Gasteiger partial charge >= 0.3 is 0 Å². The Bertz CT molecular complexity index is 246. The molecule has 1 aliphatic carbocycles. The average Bonchev–Trinajstić information content (AvgIpc) is 2.61. The molecule has 1 spiro atoms. The van der Waals surface area contributed by atoms with Gasteiger partial charge in [0.2, 0.25) is 5.91 Å². The van der Waals surface area contributed by atoms with E-state index < -0.39 is 0 Å². The normalized spacial score (nSPS) is 25.1. The van der Waals surface area contributed by atoms with Crippen LogP contribution in [0.25, 0.3) is 0 Å². The van der Waals surface area contributed by atoms with Gasteiger partial charge in [-0.2, -0.15) is 0 Å². The van der Waals surface area contributed by atoms with Crippen LogP contribution in [-0.4, -0.2) is 28.0 Å². The van der Waals surface area contributed by atoms with Crippen molar-refractivity contribution in [2.24, 2.45) is 5.92 Å². The van der Waals surface area contributed by atoms with Crippen LogP contribution in [0.15, 0.2) is 0 Å². The Morgan fingerprint density at radius 1 is 1.27 bits per heavy atom. The van der Waals surface area contributed by atoms with Crippen molar-refractivity contribution in [1.29, 1.82) is 0 Å². The Kier molecular flexibility index (Phi) is 3.29. The Morgan fingerprint density at radius 2 is 1.93 bits per heavy atom. The summed E-state index contributed by atoms with van der Waals surface area (Å²) < 4.78 is 0. The molecule has 2 nitrogen and oxygen atoms in total. The van der Waals surface area contributed by atoms with Crippen molar-refractivity contribution in [3.8, 4) is 0 Å². The monoisotopic (exact) mass is 227 g/mol. The van der Waals surface area contributed by atoms with E-state index in [-0.39, 0.29) is 10.8 Å². The van der Waals surface area contributed by atoms with Crippen LogP contribution >= 0.6 is 11.8 Å². The maximum Gasteiger partial charge on any atom is 0.226 e. The number of carbonyl (C=O) groups excluding carboxylic acids is 1. The van der Waals surface area contributed by atoms with E-state index in [1.54, 1.807) is 0 Å². The van der Waals surface area contributed by atoms with Gasteiger partial charge in [0.05, 0.1) is 4.87 Å². The third-order valence-corrected chi connectivity index (χ3v) is 5.12. The number of rotatable bonds is 1. The Labute approximate surface area is 96.8 Å². The maximum atomic E-state index is 12.1. The summed E-state index contributed by atoms with van der Waals surface area (Å²) in [6, 6.07) is 0. The smallest absolute Gasteiger partial charge is 0.226 e. The van der Waals surface area contributed by atoms with Crippen LogP contribution in [0.5, 0.6) is 0 Å². The first-order valence-corrected chi connectivity index (χ1v) is 7.10. The van der Waals surface area contributed by atoms with Gasteiger partial charge in [-0.1, -0.05) is 33.1 Å². The minimum Gasteiger partial charge on any atom is -0.327 e. The lowest BCUT2D eigenvalue weighted by Gasteiger charge is -2.41. The highest BCUT2D eigenvalue weighted by Crippen LogP contribution is 2.46. The zero-order valence-electron chi connectivity index (χ0n) is 9.79. The standard InChI is InChI=1S/C12H21NOS/c1-10(2)11(14)13-8-9-15-12(13)6-4-3-5-7-12/h10H,3-9H2,1-2H3. The molecular weight excluding hydrogens is 206 g/mol. The zero-order valence-corrected chi connectivity index (χ0v) is 10.6. The van der Waals surface area contributed by atoms with E-state index in [0.29, 0.717) is 5.91 Å². The lowest BCUT2D eigenvalue weighted by Crippen LogP contribution is -2.48. The van der Waals surface area contributed by atoms with Gasteiger partial charge in [0, 0.05) is 18.2 Å². The van der Waals surface area contributed by atoms with Gasteiger partial charge < -0.3 is 4.90 Å². The fourth-order valence-corrected chi connectivity index (χ4v) is 4.32. The van der Waals surface area contributed by atoms with Crippen LogP contribution in [0.2, 0.25) is 0 Å². The van der Waals surface area contributed by atoms with Gasteiger partial charge in [-0.3, -0.25) is 4.79 Å². The molecule has 1 saturated carbocycles. The third-order valence-electron chi connectivity index (χ3n) is 3.57. The Hall–Kier alpha value is -0.180. The summed E-state index contributed by atoms with van der Waals surface area (Å²) in [6.45, 7) is 5.01. The summed E-state index contributed by atoms with van der Waals surface area (Å²) in [4.78, 5) is 14.5. The molecule has 0 N–H and O–H groups in total. The van der Waals surface area contributed by atoms with Gasteiger partial charge in [0.25, 0.3) is 0 Å². The van der Waals surface area contributed by atoms with Crippen LogP contribution in [0.3, 0.4) is 0 Å². The number of hydrogen-bond acceptors (Lipinski definition) is 2. The highest BCUT2D eigenvalue weighted by molar-refractivity contribution is 8.00. The second-order valence-corrected chi connectivity index (χ2v) is 6.46. The second kappa shape index (κ2) is 4.36. The van der Waals surface area contributed by atoms with Crippen molar-refractivity contribution in [2.75, 3.05) is 12.3 Å². The van der Waals surface area contributed by atoms with E-state index in [0.717, 1.165) is 12.3 Å². The molecule has 0 aromatic rings. The molecule has 2 aliphatic rings. The molecule has 1 heterocycles. The molecule has 2 rings (SSSR count). The summed E-state index contributed by atoms with van der Waals surface area (Å²) in [5.74, 6) is 1.66. The van der Waals surface area contributed by atoms with Crippen LogP contribution in [-0.2, 0) is 4.79 Å². The van der Waals surface area contributed by atoms with Gasteiger partial charge in [-0.25, -0.2) is 0 Å². The molecule has 2 fully saturated rings. The molecule has 1 saturated heterocycles. The van der Waals surface area contributed by atoms with E-state index >= 15 is 0 Å². The topological polar surface area (TPSA) is 20.3 Å². The van der Waals surface area contributed by atoms with Crippen molar-refractivity contribution in [1.82, 2.24) is 4.90 Å². The second-order valence-electron chi connectivity index (χ2n) is 5.00. The highest BCUT2D eigenvalue weighted by Gasteiger charge is 2.45. The van der Waals surface area contributed by atoms with Crippen LogP contribution in [0.1, 0.15) is 46.0 Å². The summed E-state index contributed by atoms with van der Waals surface area (Å²) >= 11 is 2.02. The predicted molar refractivity (Wildman–Crippen MR) is 64.8 cm³/mol. The van der Waals surface area contributed by atoms with E-state index in [9.17, 15) is 4.79 Å². The van der Waals surface area contributed by atoms with Crippen molar-refractivity contribution < 1.29 is 4.79 Å². The fourth-order valence-electron chi connectivity index (χ4n) is 2.75. The number of carbonyl (C=O) groups is 1. The number of thioether (sulfide) groups is 1. The molecule has 3 heteroatoms. The molecule has 0 bridgehead atoms. The lowest BCUT2D eigenvalue weighted by molar-refractivity contribution is -0.137. The Morgan fingerprint density at radius 3 is 2.53 bits per heavy atom. The first-order valence-electron chi connectivity index (χ1n) is 6.11. The fraction of sp³-hybridized carbons (Fsp3) is 0.917. The van der Waals surface area contributed by atoms with Crippen LogP contribution in [0.4, 0.5) is 0 Å². The molecule has 86 valence electrons. The van der Waals surface area contributed by atoms with Crippen molar-refractivity contribution >= 4 is 17.7 Å². The van der Waals surface area contributed by atoms with Gasteiger partial charge in [0.15, 0.2) is 0 Å². The van der Waals surface area contributed by atoms with Crippen molar-refractivity contribution in [3.05, 3.63) is 0 Å². The summed E-state index contributed by atoms with van der Waals surface area (Å²) in [5.41, 5.74) is 0. The molecule has 0 aromatic carbocycles. The average molecular weight is 227 g/mol. The first kappa shape index (κ1) is 11.3. The molecule has 0 atom stereocenters. The van der Waals surface area contributed by atoms with E-state index in [1.165, 1.54) is 32.1 Å². The lowest BCUT2D eigenvalue weighted by atomic mass is 9.92. The van der Waals surface area contributed by atoms with Crippen LogP contribution in [0, 0.1) is 5.92 Å². The number of amides is 1. The molecule has 15 heavy (non-hydrogen) atoms. The molecule has 0 aromatic heterocycles.